The number of hydrogen-bond donors (Lipinski definition) is 1. The molecule has 2 unspecified atom stereocenters. The summed E-state index contributed by atoms with van der Waals surface area (Å²) >= 11 is 1.92. The molecule has 0 aromatic carbocycles. The monoisotopic (exact) mass is 308 g/mol. The Morgan fingerprint density at radius 3 is 2.76 bits per heavy atom. The van der Waals surface area contributed by atoms with E-state index in [9.17, 15) is 0 Å². The summed E-state index contributed by atoms with van der Waals surface area (Å²) < 4.78 is 0. The number of rotatable bonds is 4. The van der Waals surface area contributed by atoms with E-state index in [0.29, 0.717) is 12.1 Å². The van der Waals surface area contributed by atoms with E-state index in [0.717, 1.165) is 13.1 Å². The van der Waals surface area contributed by atoms with Crippen molar-refractivity contribution in [3.05, 3.63) is 22.4 Å². The summed E-state index contributed by atoms with van der Waals surface area (Å²) in [6, 6.07) is 5.69. The van der Waals surface area contributed by atoms with E-state index in [1.807, 2.05) is 11.3 Å². The van der Waals surface area contributed by atoms with Crippen LogP contribution in [-0.4, -0.2) is 80.1 Å². The van der Waals surface area contributed by atoms with Gasteiger partial charge in [0.25, 0.3) is 0 Å². The molecule has 0 aliphatic carbocycles. The lowest BCUT2D eigenvalue weighted by atomic mass is 10.1. The van der Waals surface area contributed by atoms with E-state index < -0.39 is 0 Å². The predicted molar refractivity (Wildman–Crippen MR) is 90.0 cm³/mol. The highest BCUT2D eigenvalue weighted by molar-refractivity contribution is 7.10. The Bertz CT molecular complexity index is 414. The maximum Gasteiger partial charge on any atom is 0.0570 e. The molecule has 4 nitrogen and oxygen atoms in total. The second-order valence-corrected chi connectivity index (χ2v) is 7.46. The van der Waals surface area contributed by atoms with Crippen LogP contribution in [0.2, 0.25) is 0 Å². The van der Waals surface area contributed by atoms with Crippen LogP contribution in [0.5, 0.6) is 0 Å². The van der Waals surface area contributed by atoms with Gasteiger partial charge in [-0.15, -0.1) is 11.3 Å². The van der Waals surface area contributed by atoms with E-state index in [4.69, 9.17) is 0 Å². The highest BCUT2D eigenvalue weighted by Gasteiger charge is 2.28. The van der Waals surface area contributed by atoms with Crippen molar-refractivity contribution in [1.82, 2.24) is 20.0 Å². The van der Waals surface area contributed by atoms with Crippen molar-refractivity contribution in [3.63, 3.8) is 0 Å². The van der Waals surface area contributed by atoms with Crippen LogP contribution < -0.4 is 5.32 Å². The summed E-state index contributed by atoms with van der Waals surface area (Å²) in [6.07, 6.45) is 0. The highest BCUT2D eigenvalue weighted by Crippen LogP contribution is 2.27. The number of hydrogen-bond acceptors (Lipinski definition) is 5. The van der Waals surface area contributed by atoms with E-state index >= 15 is 0 Å². The molecule has 0 amide bonds. The minimum atomic E-state index is 0.568. The maximum atomic E-state index is 3.56. The SMILES string of the molecule is CC1CN(C(CN2CCN(C)CC2)c2cccs2)CCN1. The van der Waals surface area contributed by atoms with Gasteiger partial charge in [0, 0.05) is 63.3 Å². The van der Waals surface area contributed by atoms with Crippen LogP contribution in [0.25, 0.3) is 0 Å². The minimum Gasteiger partial charge on any atom is -0.312 e. The Labute approximate surface area is 132 Å². The zero-order chi connectivity index (χ0) is 14.7. The first-order valence-electron chi connectivity index (χ1n) is 8.14. The fraction of sp³-hybridized carbons (Fsp3) is 0.750. The van der Waals surface area contributed by atoms with Crippen LogP contribution in [0.4, 0.5) is 0 Å². The Morgan fingerprint density at radius 2 is 2.10 bits per heavy atom. The van der Waals surface area contributed by atoms with Crippen molar-refractivity contribution in [2.45, 2.75) is 19.0 Å². The molecule has 1 aromatic heterocycles. The summed E-state index contributed by atoms with van der Waals surface area (Å²) in [5.74, 6) is 0. The molecule has 2 aliphatic rings. The molecule has 0 radical (unpaired) electrons. The van der Waals surface area contributed by atoms with Crippen LogP contribution >= 0.6 is 11.3 Å². The molecule has 0 bridgehead atoms. The molecule has 3 rings (SSSR count). The quantitative estimate of drug-likeness (QED) is 0.906. The Hall–Kier alpha value is -0.460. The molecule has 5 heteroatoms. The molecule has 3 heterocycles. The lowest BCUT2D eigenvalue weighted by molar-refractivity contribution is 0.0850. The average Bonchev–Trinajstić information content (AvgIpc) is 3.00. The molecule has 2 atom stereocenters. The third-order valence-electron chi connectivity index (χ3n) is 4.74. The van der Waals surface area contributed by atoms with Gasteiger partial charge in [0.1, 0.15) is 0 Å². The molecular weight excluding hydrogens is 280 g/mol. The molecule has 21 heavy (non-hydrogen) atoms. The summed E-state index contributed by atoms with van der Waals surface area (Å²) in [7, 11) is 2.23. The number of likely N-dealkylation sites (N-methyl/N-ethyl adjacent to an activating group) is 1. The molecule has 0 spiro atoms. The van der Waals surface area contributed by atoms with Gasteiger partial charge in [-0.1, -0.05) is 6.07 Å². The van der Waals surface area contributed by atoms with Crippen molar-refractivity contribution in [3.8, 4) is 0 Å². The third-order valence-corrected chi connectivity index (χ3v) is 5.71. The molecule has 2 fully saturated rings. The van der Waals surface area contributed by atoms with Gasteiger partial charge in [-0.3, -0.25) is 9.80 Å². The van der Waals surface area contributed by atoms with Gasteiger partial charge in [-0.05, 0) is 25.4 Å². The molecule has 1 N–H and O–H groups in total. The predicted octanol–water partition coefficient (Wildman–Crippen LogP) is 1.33. The fourth-order valence-corrected chi connectivity index (χ4v) is 4.24. The standard InChI is InChI=1S/C16H28N4S/c1-14-12-20(6-5-17-14)15(16-4-3-11-21-16)13-19-9-7-18(2)8-10-19/h3-4,11,14-15,17H,5-10,12-13H2,1-2H3. The van der Waals surface area contributed by atoms with Crippen LogP contribution in [0.15, 0.2) is 17.5 Å². The number of piperazine rings is 2. The van der Waals surface area contributed by atoms with Gasteiger partial charge < -0.3 is 10.2 Å². The Kier molecular flexibility index (Phi) is 5.29. The molecule has 118 valence electrons. The van der Waals surface area contributed by atoms with Crippen molar-refractivity contribution in [2.24, 2.45) is 0 Å². The van der Waals surface area contributed by atoms with Gasteiger partial charge in [0.15, 0.2) is 0 Å². The largest absolute Gasteiger partial charge is 0.312 e. The van der Waals surface area contributed by atoms with E-state index in [1.54, 1.807) is 0 Å². The van der Waals surface area contributed by atoms with Crippen molar-refractivity contribution in [1.29, 1.82) is 0 Å². The minimum absolute atomic E-state index is 0.568. The second-order valence-electron chi connectivity index (χ2n) is 6.49. The van der Waals surface area contributed by atoms with Gasteiger partial charge in [-0.2, -0.15) is 0 Å². The first kappa shape index (κ1) is 15.4. The van der Waals surface area contributed by atoms with Crippen LogP contribution in [0, 0.1) is 0 Å². The van der Waals surface area contributed by atoms with E-state index in [2.05, 4.69) is 51.5 Å². The van der Waals surface area contributed by atoms with Crippen LogP contribution in [0.3, 0.4) is 0 Å². The second kappa shape index (κ2) is 7.20. The van der Waals surface area contributed by atoms with Crippen molar-refractivity contribution >= 4 is 11.3 Å². The number of nitrogens with one attached hydrogen (secondary N) is 1. The van der Waals surface area contributed by atoms with Gasteiger partial charge in [-0.25, -0.2) is 0 Å². The first-order valence-corrected chi connectivity index (χ1v) is 9.02. The zero-order valence-corrected chi connectivity index (χ0v) is 14.1. The molecule has 2 aliphatic heterocycles. The van der Waals surface area contributed by atoms with Gasteiger partial charge >= 0.3 is 0 Å². The summed E-state index contributed by atoms with van der Waals surface area (Å²) in [6.45, 7) is 11.8. The summed E-state index contributed by atoms with van der Waals surface area (Å²) in [5, 5.41) is 5.78. The zero-order valence-electron chi connectivity index (χ0n) is 13.3. The van der Waals surface area contributed by atoms with E-state index in [-0.39, 0.29) is 0 Å². The third kappa shape index (κ3) is 4.05. The summed E-state index contributed by atoms with van der Waals surface area (Å²) in [5.41, 5.74) is 0. The normalized spacial score (nSPS) is 27.8. The molecule has 1 aromatic rings. The van der Waals surface area contributed by atoms with Crippen molar-refractivity contribution in [2.75, 3.05) is 59.4 Å². The highest BCUT2D eigenvalue weighted by atomic mass is 32.1. The molecule has 0 saturated carbocycles. The molecular formula is C16H28N4S. The lowest BCUT2D eigenvalue weighted by Crippen LogP contribution is -2.53. The smallest absolute Gasteiger partial charge is 0.0570 e. The van der Waals surface area contributed by atoms with Gasteiger partial charge in [0.05, 0.1) is 6.04 Å². The Morgan fingerprint density at radius 1 is 1.29 bits per heavy atom. The maximum absolute atomic E-state index is 3.56. The van der Waals surface area contributed by atoms with Crippen LogP contribution in [-0.2, 0) is 0 Å². The van der Waals surface area contributed by atoms with Gasteiger partial charge in [0.2, 0.25) is 0 Å². The number of thiophene rings is 1. The number of nitrogens with zero attached hydrogens (tertiary/aromatic N) is 3. The first-order chi connectivity index (χ1) is 10.2. The lowest BCUT2D eigenvalue weighted by Gasteiger charge is -2.41. The van der Waals surface area contributed by atoms with Crippen molar-refractivity contribution < 1.29 is 0 Å². The topological polar surface area (TPSA) is 21.8 Å². The molecule has 2 saturated heterocycles. The Balaban J connectivity index is 1.67. The van der Waals surface area contributed by atoms with E-state index in [1.165, 1.54) is 44.1 Å². The fourth-order valence-electron chi connectivity index (χ4n) is 3.39. The average molecular weight is 308 g/mol. The summed E-state index contributed by atoms with van der Waals surface area (Å²) in [4.78, 5) is 9.30. The van der Waals surface area contributed by atoms with Crippen LogP contribution in [0.1, 0.15) is 17.8 Å².